The molecule has 2 rings (SSSR count). The van der Waals surface area contributed by atoms with E-state index >= 15 is 0 Å². The van der Waals surface area contributed by atoms with Gasteiger partial charge in [0.1, 0.15) is 0 Å². The van der Waals surface area contributed by atoms with Crippen LogP contribution in [-0.4, -0.2) is 11.9 Å². The number of ether oxygens (including phenoxy) is 1. The predicted molar refractivity (Wildman–Crippen MR) is 41.1 cm³/mol. The summed E-state index contributed by atoms with van der Waals surface area (Å²) >= 11 is 0. The van der Waals surface area contributed by atoms with Crippen LogP contribution in [0.2, 0.25) is 0 Å². The zero-order valence-electron chi connectivity index (χ0n) is 6.87. The minimum Gasteiger partial charge on any atom is -0.389 e. The molecule has 12 heavy (non-hydrogen) atoms. The summed E-state index contributed by atoms with van der Waals surface area (Å²) in [5.74, 6) is -0.576. The molecule has 0 radical (unpaired) electrons. The van der Waals surface area contributed by atoms with E-state index in [9.17, 15) is 9.59 Å². The molecule has 2 aliphatic rings. The van der Waals surface area contributed by atoms with Crippen LogP contribution >= 0.6 is 0 Å². The Bertz CT molecular complexity index is 277. The fraction of sp³-hybridized carbons (Fsp3) is 0.556. The maximum Gasteiger partial charge on any atom is 0.342 e. The molecule has 3 nitrogen and oxygen atoms in total. The van der Waals surface area contributed by atoms with E-state index in [0.717, 1.165) is 12.8 Å². The number of allylic oxidation sites excluding steroid dienone is 1. The molecule has 0 aromatic carbocycles. The molecular weight excluding hydrogens is 156 g/mol. The van der Waals surface area contributed by atoms with Crippen molar-refractivity contribution in [3.05, 3.63) is 11.6 Å². The zero-order valence-corrected chi connectivity index (χ0v) is 6.87. The first-order valence-corrected chi connectivity index (χ1v) is 4.14. The van der Waals surface area contributed by atoms with Crippen LogP contribution in [0.15, 0.2) is 11.6 Å². The van der Waals surface area contributed by atoms with Gasteiger partial charge in [0.05, 0.1) is 5.92 Å². The van der Waals surface area contributed by atoms with Crippen LogP contribution < -0.4 is 0 Å². The third kappa shape index (κ3) is 0.967. The van der Waals surface area contributed by atoms with Gasteiger partial charge in [-0.1, -0.05) is 13.0 Å². The summed E-state index contributed by atoms with van der Waals surface area (Å²) < 4.78 is 4.51. The second-order valence-corrected chi connectivity index (χ2v) is 3.50. The van der Waals surface area contributed by atoms with Crippen LogP contribution in [0, 0.1) is 11.8 Å². The van der Waals surface area contributed by atoms with Gasteiger partial charge in [0, 0.05) is 5.57 Å². The quantitative estimate of drug-likeness (QED) is 0.399. The third-order valence-corrected chi connectivity index (χ3v) is 2.47. The second-order valence-electron chi connectivity index (χ2n) is 3.50. The van der Waals surface area contributed by atoms with Crippen molar-refractivity contribution in [2.75, 3.05) is 0 Å². The molecule has 0 saturated carbocycles. The van der Waals surface area contributed by atoms with Crippen LogP contribution in [0.25, 0.3) is 0 Å². The van der Waals surface area contributed by atoms with Crippen LogP contribution in [0.3, 0.4) is 0 Å². The van der Waals surface area contributed by atoms with Crippen molar-refractivity contribution in [1.82, 2.24) is 0 Å². The van der Waals surface area contributed by atoms with Gasteiger partial charge < -0.3 is 4.74 Å². The topological polar surface area (TPSA) is 43.4 Å². The Balaban J connectivity index is 2.33. The molecule has 1 heterocycles. The number of hydrogen-bond donors (Lipinski definition) is 0. The average Bonchev–Trinajstić information content (AvgIpc) is 2.28. The maximum absolute atomic E-state index is 11.1. The van der Waals surface area contributed by atoms with Gasteiger partial charge in [-0.3, -0.25) is 4.79 Å². The van der Waals surface area contributed by atoms with Gasteiger partial charge in [0.15, 0.2) is 0 Å². The Kier molecular flexibility index (Phi) is 1.53. The SMILES string of the molecule is C[C@H]1CC=C2C(=O)OC(=O)[C@H]2C1. The molecule has 2 atom stereocenters. The summed E-state index contributed by atoms with van der Waals surface area (Å²) in [4.78, 5) is 22.1. The predicted octanol–water partition coefficient (Wildman–Crippen LogP) is 1.04. The van der Waals surface area contributed by atoms with Gasteiger partial charge in [-0.2, -0.15) is 0 Å². The highest BCUT2D eigenvalue weighted by molar-refractivity contribution is 6.07. The molecule has 0 spiro atoms. The fourth-order valence-corrected chi connectivity index (χ4v) is 1.77. The van der Waals surface area contributed by atoms with Crippen LogP contribution in [-0.2, 0) is 14.3 Å². The lowest BCUT2D eigenvalue weighted by Crippen LogP contribution is -2.16. The smallest absolute Gasteiger partial charge is 0.342 e. The first-order chi connectivity index (χ1) is 5.68. The van der Waals surface area contributed by atoms with E-state index in [1.165, 1.54) is 0 Å². The van der Waals surface area contributed by atoms with Gasteiger partial charge in [-0.25, -0.2) is 4.79 Å². The number of hydrogen-bond acceptors (Lipinski definition) is 3. The van der Waals surface area contributed by atoms with Gasteiger partial charge >= 0.3 is 11.9 Å². The van der Waals surface area contributed by atoms with Crippen LogP contribution in [0.4, 0.5) is 0 Å². The molecule has 0 aromatic rings. The highest BCUT2D eigenvalue weighted by Crippen LogP contribution is 2.34. The molecule has 1 fully saturated rings. The van der Waals surface area contributed by atoms with Crippen molar-refractivity contribution in [2.45, 2.75) is 19.8 Å². The second kappa shape index (κ2) is 2.44. The standard InChI is InChI=1S/C9H10O3/c1-5-2-3-6-7(4-5)9(11)12-8(6)10/h3,5,7H,2,4H2,1H3/t5-,7-/m0/s1. The van der Waals surface area contributed by atoms with Crippen molar-refractivity contribution < 1.29 is 14.3 Å². The Morgan fingerprint density at radius 1 is 1.50 bits per heavy atom. The van der Waals surface area contributed by atoms with Crippen molar-refractivity contribution >= 4 is 11.9 Å². The summed E-state index contributed by atoms with van der Waals surface area (Å²) in [7, 11) is 0. The van der Waals surface area contributed by atoms with Crippen molar-refractivity contribution in [1.29, 1.82) is 0 Å². The lowest BCUT2D eigenvalue weighted by Gasteiger charge is -2.17. The van der Waals surface area contributed by atoms with Gasteiger partial charge in [-0.05, 0) is 18.8 Å². The minimum absolute atomic E-state index is 0.263. The Hall–Kier alpha value is -1.12. The molecule has 0 unspecified atom stereocenters. The summed E-state index contributed by atoms with van der Waals surface area (Å²) in [6, 6.07) is 0. The van der Waals surface area contributed by atoms with E-state index in [2.05, 4.69) is 11.7 Å². The van der Waals surface area contributed by atoms with E-state index in [-0.39, 0.29) is 11.9 Å². The largest absolute Gasteiger partial charge is 0.389 e. The highest BCUT2D eigenvalue weighted by Gasteiger charge is 2.41. The average molecular weight is 166 g/mol. The molecule has 1 aliphatic carbocycles. The third-order valence-electron chi connectivity index (χ3n) is 2.47. The van der Waals surface area contributed by atoms with Gasteiger partial charge in [0.25, 0.3) is 0 Å². The van der Waals surface area contributed by atoms with Crippen molar-refractivity contribution in [3.8, 4) is 0 Å². The van der Waals surface area contributed by atoms with Crippen LogP contribution in [0.1, 0.15) is 19.8 Å². The van der Waals surface area contributed by atoms with Crippen molar-refractivity contribution in [3.63, 3.8) is 0 Å². The summed E-state index contributed by atoms with van der Waals surface area (Å²) in [5, 5.41) is 0. The number of fused-ring (bicyclic) bond motifs is 1. The lowest BCUT2D eigenvalue weighted by molar-refractivity contribution is -0.152. The number of carbonyl (C=O) groups is 2. The van der Waals surface area contributed by atoms with Crippen LogP contribution in [0.5, 0.6) is 0 Å². The normalized spacial score (nSPS) is 34.2. The summed E-state index contributed by atoms with van der Waals surface area (Å²) in [6.07, 6.45) is 3.48. The molecule has 0 bridgehead atoms. The number of cyclic esters (lactones) is 2. The molecule has 0 amide bonds. The Morgan fingerprint density at radius 3 is 3.00 bits per heavy atom. The minimum atomic E-state index is -0.433. The number of rotatable bonds is 0. The zero-order chi connectivity index (χ0) is 8.72. The van der Waals surface area contributed by atoms with E-state index in [1.54, 1.807) is 0 Å². The fourth-order valence-electron chi connectivity index (χ4n) is 1.77. The van der Waals surface area contributed by atoms with E-state index < -0.39 is 5.97 Å². The molecule has 1 aliphatic heterocycles. The molecular formula is C9H10O3. The molecule has 0 N–H and O–H groups in total. The van der Waals surface area contributed by atoms with E-state index in [1.807, 2.05) is 6.08 Å². The summed E-state index contributed by atoms with van der Waals surface area (Å²) in [6.45, 7) is 2.07. The monoisotopic (exact) mass is 166 g/mol. The Labute approximate surface area is 70.4 Å². The first kappa shape index (κ1) is 7.53. The highest BCUT2D eigenvalue weighted by atomic mass is 16.6. The molecule has 1 saturated heterocycles. The van der Waals surface area contributed by atoms with Crippen molar-refractivity contribution in [2.24, 2.45) is 11.8 Å². The number of esters is 2. The lowest BCUT2D eigenvalue weighted by atomic mass is 9.83. The van der Waals surface area contributed by atoms with Gasteiger partial charge in [0.2, 0.25) is 0 Å². The van der Waals surface area contributed by atoms with Gasteiger partial charge in [-0.15, -0.1) is 0 Å². The molecule has 0 aromatic heterocycles. The summed E-state index contributed by atoms with van der Waals surface area (Å²) in [5.41, 5.74) is 0.582. The van der Waals surface area contributed by atoms with E-state index in [0.29, 0.717) is 11.5 Å². The molecule has 64 valence electrons. The van der Waals surface area contributed by atoms with E-state index in [4.69, 9.17) is 0 Å². The maximum atomic E-state index is 11.1. The first-order valence-electron chi connectivity index (χ1n) is 4.14. The molecule has 3 heteroatoms. The number of carbonyl (C=O) groups excluding carboxylic acids is 2. The Morgan fingerprint density at radius 2 is 2.25 bits per heavy atom.